The van der Waals surface area contributed by atoms with E-state index < -0.39 is 29.7 Å². The predicted molar refractivity (Wildman–Crippen MR) is 138 cm³/mol. The summed E-state index contributed by atoms with van der Waals surface area (Å²) >= 11 is 6.39. The molecule has 1 saturated carbocycles. The Morgan fingerprint density at radius 3 is 2.81 bits per heavy atom. The fourth-order valence-corrected chi connectivity index (χ4v) is 5.27. The summed E-state index contributed by atoms with van der Waals surface area (Å²) in [4.78, 5) is 23.7. The molecule has 0 unspecified atom stereocenters. The second-order valence-corrected chi connectivity index (χ2v) is 10.9. The molecule has 3 aliphatic rings. The van der Waals surface area contributed by atoms with Crippen LogP contribution in [-0.4, -0.2) is 56.9 Å². The zero-order valence-corrected chi connectivity index (χ0v) is 21.1. The molecule has 0 bridgehead atoms. The van der Waals surface area contributed by atoms with Gasteiger partial charge in [0.1, 0.15) is 5.02 Å². The maximum atomic E-state index is 14.9. The Bertz CT molecular complexity index is 1460. The van der Waals surface area contributed by atoms with Crippen molar-refractivity contribution < 1.29 is 18.6 Å². The third-order valence-electron chi connectivity index (χ3n) is 7.34. The largest absolute Gasteiger partial charge is 0.480 e. The van der Waals surface area contributed by atoms with Crippen LogP contribution in [0.5, 0.6) is 5.75 Å². The average molecular weight is 533 g/mol. The molecule has 12 heteroatoms. The van der Waals surface area contributed by atoms with Crippen molar-refractivity contribution in [2.24, 2.45) is 13.0 Å². The summed E-state index contributed by atoms with van der Waals surface area (Å²) < 4.78 is 36.6. The van der Waals surface area contributed by atoms with Crippen molar-refractivity contribution in [3.05, 3.63) is 39.8 Å². The van der Waals surface area contributed by atoms with Gasteiger partial charge in [-0.05, 0) is 50.3 Å². The van der Waals surface area contributed by atoms with E-state index in [1.54, 1.807) is 32.2 Å². The second kappa shape index (κ2) is 8.42. The van der Waals surface area contributed by atoms with E-state index in [4.69, 9.17) is 16.3 Å². The van der Waals surface area contributed by atoms with Crippen LogP contribution in [0.1, 0.15) is 26.2 Å². The van der Waals surface area contributed by atoms with E-state index in [0.29, 0.717) is 65.7 Å². The highest BCUT2D eigenvalue weighted by Crippen LogP contribution is 2.45. The minimum atomic E-state index is -3.11. The first kappa shape index (κ1) is 24.2. The van der Waals surface area contributed by atoms with Crippen LogP contribution in [0.2, 0.25) is 5.02 Å². The summed E-state index contributed by atoms with van der Waals surface area (Å²) in [6.45, 7) is 1.94. The van der Waals surface area contributed by atoms with E-state index in [0.717, 1.165) is 0 Å². The van der Waals surface area contributed by atoms with Gasteiger partial charge in [0.25, 0.3) is 5.56 Å². The van der Waals surface area contributed by atoms with Crippen LogP contribution < -0.4 is 25.8 Å². The number of halogens is 3. The quantitative estimate of drug-likeness (QED) is 0.465. The molecule has 3 aromatic rings. The predicted octanol–water partition coefficient (Wildman–Crippen LogP) is 3.90. The van der Waals surface area contributed by atoms with Crippen LogP contribution in [0.15, 0.2) is 29.2 Å². The number of aryl methyl sites for hydroxylation is 1. The molecule has 0 radical (unpaired) electrons. The summed E-state index contributed by atoms with van der Waals surface area (Å²) in [6, 6.07) is 4.15. The lowest BCUT2D eigenvalue weighted by Crippen LogP contribution is -2.44. The van der Waals surface area contributed by atoms with Gasteiger partial charge in [-0.15, -0.1) is 0 Å². The van der Waals surface area contributed by atoms with Crippen molar-refractivity contribution in [1.82, 2.24) is 14.5 Å². The minimum Gasteiger partial charge on any atom is -0.480 e. The smallest absolute Gasteiger partial charge is 0.301 e. The van der Waals surface area contributed by atoms with Crippen molar-refractivity contribution >= 4 is 45.6 Å². The van der Waals surface area contributed by atoms with Crippen LogP contribution in [0.3, 0.4) is 0 Å². The Labute approximate surface area is 216 Å². The van der Waals surface area contributed by atoms with Crippen molar-refractivity contribution in [3.8, 4) is 5.75 Å². The van der Waals surface area contributed by atoms with Gasteiger partial charge in [0.15, 0.2) is 12.4 Å². The molecule has 2 atom stereocenters. The summed E-state index contributed by atoms with van der Waals surface area (Å²) in [6.07, 6.45) is 3.51. The Balaban J connectivity index is 1.39. The Hall–Kier alpha value is -3.18. The number of anilines is 4. The number of β-amino-alcohol motifs (C(OH)–C–C–N with tert-alkyl or cyclic N) is 1. The molecule has 196 valence electrons. The van der Waals surface area contributed by atoms with Gasteiger partial charge in [-0.3, -0.25) is 4.79 Å². The molecule has 9 nitrogen and oxygen atoms in total. The lowest BCUT2D eigenvalue weighted by molar-refractivity contribution is -0.0579. The number of aromatic nitrogens is 3. The van der Waals surface area contributed by atoms with E-state index in [1.165, 1.54) is 10.8 Å². The molecule has 2 aromatic heterocycles. The normalized spacial score (nSPS) is 24.8. The number of rotatable bonds is 4. The van der Waals surface area contributed by atoms with E-state index in [2.05, 4.69) is 20.6 Å². The molecule has 6 rings (SSSR count). The Morgan fingerprint density at radius 2 is 2.11 bits per heavy atom. The maximum Gasteiger partial charge on any atom is 0.301 e. The fraction of sp³-hybridized carbons (Fsp3) is 0.480. The van der Waals surface area contributed by atoms with Crippen molar-refractivity contribution in [1.29, 1.82) is 0 Å². The standard InChI is InChI=1S/C25H27ClF2N6O3/c1-24(36)7-8-34(11-24)23-29-10-16(26)21(32-23)30-14-5-6-17-15(9-14)18-19(22(35)33(17)2)37-12-25(27,28)20(31-18)13-3-4-13/h5-6,9-10,13,20,31,36H,3-4,7-8,11-12H2,1-2H3,(H,29,30,32)/t20-,24+/m0/s1. The van der Waals surface area contributed by atoms with Gasteiger partial charge in [-0.2, -0.15) is 4.98 Å². The topological polar surface area (TPSA) is 105 Å². The van der Waals surface area contributed by atoms with E-state index in [9.17, 15) is 18.7 Å². The average Bonchev–Trinajstić information content (AvgIpc) is 3.63. The molecule has 1 aromatic carbocycles. The SMILES string of the molecule is Cn1c(=O)c2c(c3cc(Nc4nc(N5CC[C@@](C)(O)C5)ncc4Cl)ccc31)N[C@@H](C1CC1)C(F)(F)CO2. The van der Waals surface area contributed by atoms with Crippen LogP contribution in [-0.2, 0) is 7.05 Å². The van der Waals surface area contributed by atoms with E-state index in [1.807, 2.05) is 4.90 Å². The third-order valence-corrected chi connectivity index (χ3v) is 7.62. The molecule has 2 fully saturated rings. The third kappa shape index (κ3) is 4.33. The highest BCUT2D eigenvalue weighted by atomic mass is 35.5. The molecule has 1 aliphatic carbocycles. The number of hydrogen-bond donors (Lipinski definition) is 3. The number of aliphatic hydroxyl groups is 1. The highest BCUT2D eigenvalue weighted by molar-refractivity contribution is 6.32. The van der Waals surface area contributed by atoms with Gasteiger partial charge in [0.05, 0.1) is 29.0 Å². The van der Waals surface area contributed by atoms with Gasteiger partial charge in [-0.1, -0.05) is 11.6 Å². The highest BCUT2D eigenvalue weighted by Gasteiger charge is 2.51. The first-order chi connectivity index (χ1) is 17.5. The Kier molecular flexibility index (Phi) is 5.50. The summed E-state index contributed by atoms with van der Waals surface area (Å²) in [7, 11) is 1.58. The van der Waals surface area contributed by atoms with E-state index >= 15 is 0 Å². The number of ether oxygens (including phenoxy) is 1. The number of nitrogens with zero attached hydrogens (tertiary/aromatic N) is 4. The van der Waals surface area contributed by atoms with Gasteiger partial charge < -0.3 is 29.9 Å². The number of hydrogen-bond acceptors (Lipinski definition) is 8. The van der Waals surface area contributed by atoms with Crippen LogP contribution in [0, 0.1) is 5.92 Å². The number of benzene rings is 1. The lowest BCUT2D eigenvalue weighted by Gasteiger charge is -2.25. The molecule has 4 heterocycles. The van der Waals surface area contributed by atoms with Gasteiger partial charge in [0, 0.05) is 31.2 Å². The summed E-state index contributed by atoms with van der Waals surface area (Å²) in [5.41, 5.74) is 0.137. The molecule has 3 N–H and O–H groups in total. The van der Waals surface area contributed by atoms with Crippen LogP contribution in [0.25, 0.3) is 10.9 Å². The van der Waals surface area contributed by atoms with Gasteiger partial charge >= 0.3 is 5.92 Å². The monoisotopic (exact) mass is 532 g/mol. The zero-order chi connectivity index (χ0) is 26.1. The first-order valence-corrected chi connectivity index (χ1v) is 12.6. The molecular formula is C25H27ClF2N6O3. The van der Waals surface area contributed by atoms with Crippen molar-refractivity contribution in [2.75, 3.05) is 35.2 Å². The van der Waals surface area contributed by atoms with Crippen LogP contribution >= 0.6 is 11.6 Å². The fourth-order valence-electron chi connectivity index (χ4n) is 5.14. The maximum absolute atomic E-state index is 14.9. The number of nitrogens with one attached hydrogen (secondary N) is 2. The number of fused-ring (bicyclic) bond motifs is 3. The number of pyridine rings is 1. The Morgan fingerprint density at radius 1 is 1.32 bits per heavy atom. The molecule has 0 spiro atoms. The lowest BCUT2D eigenvalue weighted by atomic mass is 10.0. The van der Waals surface area contributed by atoms with Gasteiger partial charge in [0.2, 0.25) is 11.7 Å². The zero-order valence-electron chi connectivity index (χ0n) is 20.4. The molecule has 37 heavy (non-hydrogen) atoms. The molecular weight excluding hydrogens is 506 g/mol. The second-order valence-electron chi connectivity index (χ2n) is 10.5. The van der Waals surface area contributed by atoms with Crippen molar-refractivity contribution in [2.45, 2.75) is 43.8 Å². The summed E-state index contributed by atoms with van der Waals surface area (Å²) in [5.74, 6) is -2.60. The molecule has 0 amide bonds. The number of alkyl halides is 2. The van der Waals surface area contributed by atoms with Gasteiger partial charge in [-0.25, -0.2) is 13.8 Å². The molecule has 1 saturated heterocycles. The minimum absolute atomic E-state index is 0.113. The first-order valence-electron chi connectivity index (χ1n) is 12.2. The van der Waals surface area contributed by atoms with Crippen LogP contribution in [0.4, 0.5) is 31.9 Å². The summed E-state index contributed by atoms with van der Waals surface area (Å²) in [5, 5.41) is 17.3. The van der Waals surface area contributed by atoms with E-state index in [-0.39, 0.29) is 17.4 Å². The molecule has 2 aliphatic heterocycles. The van der Waals surface area contributed by atoms with Crippen molar-refractivity contribution in [3.63, 3.8) is 0 Å².